The summed E-state index contributed by atoms with van der Waals surface area (Å²) in [6, 6.07) is 19.3. The molecule has 0 spiro atoms. The third kappa shape index (κ3) is 5.32. The molecule has 5 rings (SSSR count). The summed E-state index contributed by atoms with van der Waals surface area (Å²) < 4.78 is 2.26. The second-order valence-electron chi connectivity index (χ2n) is 11.4. The normalized spacial score (nSPS) is 18.7. The van der Waals surface area contributed by atoms with E-state index in [9.17, 15) is 4.79 Å². The Bertz CT molecular complexity index is 1380. The van der Waals surface area contributed by atoms with E-state index in [0.717, 1.165) is 41.4 Å². The van der Waals surface area contributed by atoms with E-state index in [1.165, 1.54) is 42.3 Å². The topological polar surface area (TPSA) is 40.8 Å². The Balaban J connectivity index is 1.37. The molecule has 2 fully saturated rings. The van der Waals surface area contributed by atoms with Crippen molar-refractivity contribution in [1.29, 1.82) is 0 Å². The average Bonchev–Trinajstić information content (AvgIpc) is 3.33. The number of benzene rings is 2. The minimum Gasteiger partial charge on any atom is -0.372 e. The van der Waals surface area contributed by atoms with Crippen LogP contribution in [0.25, 0.3) is 11.8 Å². The van der Waals surface area contributed by atoms with Gasteiger partial charge in [0.15, 0.2) is 5.17 Å². The van der Waals surface area contributed by atoms with Gasteiger partial charge in [-0.2, -0.15) is 0 Å². The summed E-state index contributed by atoms with van der Waals surface area (Å²) in [7, 11) is 1.80. The molecule has 0 radical (unpaired) electrons. The van der Waals surface area contributed by atoms with E-state index in [-0.39, 0.29) is 11.3 Å². The highest BCUT2D eigenvalue weighted by molar-refractivity contribution is 8.18. The molecule has 0 N–H and O–H groups in total. The zero-order valence-corrected chi connectivity index (χ0v) is 24.2. The van der Waals surface area contributed by atoms with Crippen LogP contribution in [0.4, 0.5) is 11.4 Å². The van der Waals surface area contributed by atoms with Gasteiger partial charge >= 0.3 is 0 Å². The van der Waals surface area contributed by atoms with Crippen molar-refractivity contribution in [3.63, 3.8) is 0 Å². The lowest BCUT2D eigenvalue weighted by Gasteiger charge is -2.28. The molecule has 1 amide bonds. The maximum absolute atomic E-state index is 13.1. The van der Waals surface area contributed by atoms with Gasteiger partial charge in [0.25, 0.3) is 5.91 Å². The average molecular weight is 527 g/mol. The molecule has 2 saturated heterocycles. The van der Waals surface area contributed by atoms with Gasteiger partial charge in [-0.15, -0.1) is 0 Å². The number of thioether (sulfide) groups is 1. The molecule has 0 aliphatic carbocycles. The Morgan fingerprint density at radius 1 is 0.895 bits per heavy atom. The number of amidine groups is 1. The molecule has 198 valence electrons. The van der Waals surface area contributed by atoms with E-state index in [0.29, 0.717) is 10.1 Å². The van der Waals surface area contributed by atoms with Crippen molar-refractivity contribution in [2.45, 2.75) is 59.3 Å². The van der Waals surface area contributed by atoms with Crippen LogP contribution in [0.15, 0.2) is 64.5 Å². The fraction of sp³-hybridized carbons (Fsp3) is 0.375. The number of rotatable bonds is 4. The number of piperidine rings is 1. The molecule has 3 heterocycles. The van der Waals surface area contributed by atoms with E-state index in [1.807, 2.05) is 6.08 Å². The largest absolute Gasteiger partial charge is 0.372 e. The summed E-state index contributed by atoms with van der Waals surface area (Å²) in [5, 5.41) is 0.707. The van der Waals surface area contributed by atoms with Crippen LogP contribution >= 0.6 is 11.8 Å². The van der Waals surface area contributed by atoms with Crippen molar-refractivity contribution >= 4 is 40.3 Å². The predicted octanol–water partition coefficient (Wildman–Crippen LogP) is 7.62. The van der Waals surface area contributed by atoms with E-state index in [2.05, 4.69) is 98.7 Å². The van der Waals surface area contributed by atoms with Crippen molar-refractivity contribution in [2.24, 2.45) is 4.99 Å². The van der Waals surface area contributed by atoms with Gasteiger partial charge < -0.3 is 9.47 Å². The number of carbonyl (C=O) groups excluding carboxylic acids is 1. The molecule has 2 aromatic carbocycles. The van der Waals surface area contributed by atoms with Crippen LogP contribution < -0.4 is 4.90 Å². The Morgan fingerprint density at radius 3 is 2.16 bits per heavy atom. The number of amides is 1. The number of hydrogen-bond acceptors (Lipinski definition) is 4. The van der Waals surface area contributed by atoms with E-state index < -0.39 is 0 Å². The number of likely N-dealkylation sites (N-methyl/N-ethyl adjacent to an activating group) is 1. The fourth-order valence-electron chi connectivity index (χ4n) is 5.23. The zero-order valence-electron chi connectivity index (χ0n) is 23.4. The highest BCUT2D eigenvalue weighted by atomic mass is 32.2. The summed E-state index contributed by atoms with van der Waals surface area (Å²) in [5.74, 6) is -0.0157. The monoisotopic (exact) mass is 526 g/mol. The molecule has 0 bridgehead atoms. The predicted molar refractivity (Wildman–Crippen MR) is 162 cm³/mol. The lowest BCUT2D eigenvalue weighted by atomic mass is 9.87. The maximum Gasteiger partial charge on any atom is 0.266 e. The summed E-state index contributed by atoms with van der Waals surface area (Å²) in [4.78, 5) is 22.7. The number of aryl methyl sites for hydroxylation is 1. The van der Waals surface area contributed by atoms with Gasteiger partial charge in [0.1, 0.15) is 0 Å². The van der Waals surface area contributed by atoms with Crippen LogP contribution in [-0.4, -0.2) is 40.7 Å². The molecule has 0 atom stereocenters. The first-order chi connectivity index (χ1) is 18.1. The summed E-state index contributed by atoms with van der Waals surface area (Å²) in [6.07, 6.45) is 5.85. The summed E-state index contributed by atoms with van der Waals surface area (Å²) in [5.41, 5.74) is 8.00. The summed E-state index contributed by atoms with van der Waals surface area (Å²) in [6.45, 7) is 13.2. The van der Waals surface area contributed by atoms with Crippen molar-refractivity contribution in [3.8, 4) is 5.69 Å². The lowest BCUT2D eigenvalue weighted by molar-refractivity contribution is -0.121. The van der Waals surface area contributed by atoms with Crippen molar-refractivity contribution < 1.29 is 4.79 Å². The van der Waals surface area contributed by atoms with Crippen LogP contribution in [-0.2, 0) is 10.2 Å². The highest BCUT2D eigenvalue weighted by Gasteiger charge is 2.31. The molecular weight excluding hydrogens is 488 g/mol. The minimum atomic E-state index is -0.0157. The van der Waals surface area contributed by atoms with Crippen LogP contribution in [0, 0.1) is 13.8 Å². The number of hydrogen-bond donors (Lipinski definition) is 0. The Morgan fingerprint density at radius 2 is 1.53 bits per heavy atom. The Labute approximate surface area is 231 Å². The van der Waals surface area contributed by atoms with Gasteiger partial charge in [0.05, 0.1) is 10.6 Å². The van der Waals surface area contributed by atoms with E-state index in [4.69, 9.17) is 4.99 Å². The molecule has 0 unspecified atom stereocenters. The number of carbonyl (C=O) groups is 1. The number of anilines is 1. The molecule has 0 saturated carbocycles. The van der Waals surface area contributed by atoms with Gasteiger partial charge in [0, 0.05) is 42.9 Å². The molecular formula is C32H38N4OS. The number of aliphatic imine (C=N–C) groups is 1. The smallest absolute Gasteiger partial charge is 0.266 e. The highest BCUT2D eigenvalue weighted by Crippen LogP contribution is 2.35. The first-order valence-corrected chi connectivity index (χ1v) is 14.3. The first kappa shape index (κ1) is 26.4. The van der Waals surface area contributed by atoms with Crippen LogP contribution in [0.2, 0.25) is 0 Å². The summed E-state index contributed by atoms with van der Waals surface area (Å²) >= 11 is 1.44. The van der Waals surface area contributed by atoms with Gasteiger partial charge in [-0.1, -0.05) is 32.9 Å². The third-order valence-corrected chi connectivity index (χ3v) is 8.61. The third-order valence-electron chi connectivity index (χ3n) is 7.55. The fourth-order valence-corrected chi connectivity index (χ4v) is 6.21. The molecule has 38 heavy (non-hydrogen) atoms. The second kappa shape index (κ2) is 10.5. The molecule has 2 aliphatic rings. The van der Waals surface area contributed by atoms with Crippen molar-refractivity contribution in [1.82, 2.24) is 9.47 Å². The zero-order chi connectivity index (χ0) is 27.0. The second-order valence-corrected chi connectivity index (χ2v) is 12.4. The first-order valence-electron chi connectivity index (χ1n) is 13.5. The molecule has 5 nitrogen and oxygen atoms in total. The van der Waals surface area contributed by atoms with Crippen molar-refractivity contribution in [2.75, 3.05) is 25.0 Å². The SMILES string of the molecule is Cc1cc(/C=C2\SC(=Nc3ccc(N4CCCCC4)cc3)N(C)C2=O)c(C)n1-c1ccc(C(C)(C)C)cc1. The van der Waals surface area contributed by atoms with Crippen molar-refractivity contribution in [3.05, 3.63) is 82.0 Å². The molecule has 1 aromatic heterocycles. The maximum atomic E-state index is 13.1. The molecule has 6 heteroatoms. The standard InChI is InChI=1S/C32H38N4OS/c1-22-20-24(23(2)36(22)28-14-10-25(11-15-28)32(3,4)5)21-29-30(37)34(6)31(38-29)33-26-12-16-27(17-13-26)35-18-8-7-9-19-35/h10-17,20-21H,7-9,18-19H2,1-6H3/b29-21-,33-31?. The quantitative estimate of drug-likeness (QED) is 0.328. The van der Waals surface area contributed by atoms with Gasteiger partial charge in [0.2, 0.25) is 0 Å². The molecule has 2 aliphatic heterocycles. The Hall–Kier alpha value is -3.25. The Kier molecular flexibility index (Phi) is 7.28. The van der Waals surface area contributed by atoms with Gasteiger partial charge in [-0.05, 0) is 110 Å². The van der Waals surface area contributed by atoms with Crippen LogP contribution in [0.5, 0.6) is 0 Å². The number of nitrogens with zero attached hydrogens (tertiary/aromatic N) is 4. The van der Waals surface area contributed by atoms with Crippen LogP contribution in [0.1, 0.15) is 62.5 Å². The van der Waals surface area contributed by atoms with Gasteiger partial charge in [-0.3, -0.25) is 9.69 Å². The van der Waals surface area contributed by atoms with Crippen LogP contribution in [0.3, 0.4) is 0 Å². The van der Waals surface area contributed by atoms with Gasteiger partial charge in [-0.25, -0.2) is 4.99 Å². The van der Waals surface area contributed by atoms with E-state index in [1.54, 1.807) is 11.9 Å². The lowest BCUT2D eigenvalue weighted by Crippen LogP contribution is -2.29. The number of aromatic nitrogens is 1. The minimum absolute atomic E-state index is 0.0157. The van der Waals surface area contributed by atoms with E-state index >= 15 is 0 Å². The molecule has 3 aromatic rings.